The predicted molar refractivity (Wildman–Crippen MR) is 123 cm³/mol. The molecule has 1 saturated heterocycles. The SMILES string of the molecule is CCC(=O)N[C@H]1C[C@H](c2ccc(-c3ccc(-c4nnn(CCN(C)C)n4)nc3)c(F)c2)C(=O)N1. The van der Waals surface area contributed by atoms with Crippen molar-refractivity contribution in [2.75, 3.05) is 20.6 Å². The van der Waals surface area contributed by atoms with Crippen LogP contribution in [-0.2, 0) is 16.1 Å². The number of nitrogens with one attached hydrogen (secondary N) is 2. The maximum absolute atomic E-state index is 15.0. The lowest BCUT2D eigenvalue weighted by Crippen LogP contribution is -2.42. The summed E-state index contributed by atoms with van der Waals surface area (Å²) in [5.74, 6) is -0.945. The zero-order valence-corrected chi connectivity index (χ0v) is 19.3. The van der Waals surface area contributed by atoms with Gasteiger partial charge in [0, 0.05) is 36.7 Å². The molecule has 0 bridgehead atoms. The van der Waals surface area contributed by atoms with E-state index in [1.165, 1.54) is 10.9 Å². The molecule has 3 aromatic rings. The molecule has 10 nitrogen and oxygen atoms in total. The van der Waals surface area contributed by atoms with E-state index in [2.05, 4.69) is 31.0 Å². The lowest BCUT2D eigenvalue weighted by molar-refractivity contribution is -0.122. The second kappa shape index (κ2) is 10.0. The summed E-state index contributed by atoms with van der Waals surface area (Å²) in [6.45, 7) is 3.14. The van der Waals surface area contributed by atoms with Crippen LogP contribution in [0.2, 0.25) is 0 Å². The fourth-order valence-electron chi connectivity index (χ4n) is 3.75. The molecule has 0 aliphatic carbocycles. The van der Waals surface area contributed by atoms with Gasteiger partial charge in [0.05, 0.1) is 12.5 Å². The predicted octanol–water partition coefficient (Wildman–Crippen LogP) is 1.56. The molecule has 1 aliphatic rings. The molecule has 34 heavy (non-hydrogen) atoms. The van der Waals surface area contributed by atoms with Crippen LogP contribution in [0.15, 0.2) is 36.5 Å². The average Bonchev–Trinajstić information content (AvgIpc) is 3.44. The summed E-state index contributed by atoms with van der Waals surface area (Å²) in [5, 5.41) is 17.9. The van der Waals surface area contributed by atoms with Gasteiger partial charge in [-0.15, -0.1) is 10.2 Å². The average molecular weight is 467 g/mol. The molecule has 3 heterocycles. The van der Waals surface area contributed by atoms with Crippen LogP contribution in [0.25, 0.3) is 22.6 Å². The third kappa shape index (κ3) is 5.25. The Morgan fingerprint density at radius 1 is 1.29 bits per heavy atom. The van der Waals surface area contributed by atoms with Gasteiger partial charge in [-0.1, -0.05) is 25.1 Å². The number of aromatic nitrogens is 5. The van der Waals surface area contributed by atoms with Crippen LogP contribution >= 0.6 is 0 Å². The minimum atomic E-state index is -0.521. The molecule has 2 amide bonds. The first kappa shape index (κ1) is 23.4. The minimum Gasteiger partial charge on any atom is -0.336 e. The summed E-state index contributed by atoms with van der Waals surface area (Å²) in [6, 6.07) is 8.22. The van der Waals surface area contributed by atoms with E-state index in [9.17, 15) is 14.0 Å². The molecule has 4 rings (SSSR count). The molecular formula is C23H27FN8O2. The van der Waals surface area contributed by atoms with Crippen LogP contribution in [0.3, 0.4) is 0 Å². The fraction of sp³-hybridized carbons (Fsp3) is 0.391. The third-order valence-electron chi connectivity index (χ3n) is 5.66. The quantitative estimate of drug-likeness (QED) is 0.517. The highest BCUT2D eigenvalue weighted by Gasteiger charge is 2.34. The second-order valence-electron chi connectivity index (χ2n) is 8.45. The van der Waals surface area contributed by atoms with Crippen LogP contribution in [0, 0.1) is 5.82 Å². The highest BCUT2D eigenvalue weighted by molar-refractivity contribution is 5.87. The summed E-state index contributed by atoms with van der Waals surface area (Å²) in [5.41, 5.74) is 2.08. The van der Waals surface area contributed by atoms with Crippen molar-refractivity contribution in [3.05, 3.63) is 47.9 Å². The number of amides is 2. The van der Waals surface area contributed by atoms with Crippen LogP contribution < -0.4 is 10.6 Å². The summed E-state index contributed by atoms with van der Waals surface area (Å²) in [4.78, 5) is 31.9. The molecule has 0 radical (unpaired) electrons. The number of carbonyl (C=O) groups is 2. The molecule has 1 fully saturated rings. The fourth-order valence-corrected chi connectivity index (χ4v) is 3.75. The van der Waals surface area contributed by atoms with Crippen molar-refractivity contribution in [2.45, 2.75) is 38.4 Å². The van der Waals surface area contributed by atoms with Crippen molar-refractivity contribution in [3.8, 4) is 22.6 Å². The van der Waals surface area contributed by atoms with Crippen LogP contribution in [0.1, 0.15) is 31.2 Å². The maximum atomic E-state index is 15.0. The number of likely N-dealkylation sites (N-methyl/N-ethyl adjacent to an activating group) is 1. The monoisotopic (exact) mass is 466 g/mol. The molecule has 1 aliphatic heterocycles. The molecule has 2 aromatic heterocycles. The van der Waals surface area contributed by atoms with Gasteiger partial charge in [-0.3, -0.25) is 14.6 Å². The van der Waals surface area contributed by atoms with Gasteiger partial charge < -0.3 is 15.5 Å². The normalized spacial score (nSPS) is 17.7. The smallest absolute Gasteiger partial charge is 0.229 e. The lowest BCUT2D eigenvalue weighted by atomic mass is 9.94. The van der Waals surface area contributed by atoms with Gasteiger partial charge in [0.1, 0.15) is 17.7 Å². The summed E-state index contributed by atoms with van der Waals surface area (Å²) >= 11 is 0. The zero-order chi connectivity index (χ0) is 24.2. The first-order chi connectivity index (χ1) is 16.3. The number of benzene rings is 1. The number of hydrogen-bond acceptors (Lipinski definition) is 7. The standard InChI is InChI=1S/C23H27FN8O2/c1-4-21(33)26-20-12-17(23(34)27-20)14-5-7-16(18(24)11-14)15-6-8-19(25-13-15)22-28-30-32(29-22)10-9-31(2)3/h5-8,11,13,17,20H,4,9-10,12H2,1-3H3,(H,26,33)(H,27,34)/t17-,20-/m1/s1. The van der Waals surface area contributed by atoms with E-state index < -0.39 is 17.9 Å². The molecule has 0 spiro atoms. The third-order valence-corrected chi connectivity index (χ3v) is 5.66. The number of rotatable bonds is 8. The largest absolute Gasteiger partial charge is 0.336 e. The highest BCUT2D eigenvalue weighted by Crippen LogP contribution is 2.31. The van der Waals surface area contributed by atoms with Crippen LogP contribution in [0.5, 0.6) is 0 Å². The van der Waals surface area contributed by atoms with E-state index in [0.29, 0.717) is 47.6 Å². The Hall–Kier alpha value is -3.73. The van der Waals surface area contributed by atoms with E-state index >= 15 is 0 Å². The Morgan fingerprint density at radius 3 is 2.79 bits per heavy atom. The van der Waals surface area contributed by atoms with Crippen molar-refractivity contribution in [3.63, 3.8) is 0 Å². The van der Waals surface area contributed by atoms with E-state index in [0.717, 1.165) is 6.54 Å². The van der Waals surface area contributed by atoms with Crippen molar-refractivity contribution in [1.82, 2.24) is 40.7 Å². The Balaban J connectivity index is 1.46. The summed E-state index contributed by atoms with van der Waals surface area (Å²) < 4.78 is 15.0. The number of hydrogen-bond donors (Lipinski definition) is 2. The van der Waals surface area contributed by atoms with E-state index in [1.54, 1.807) is 37.4 Å². The van der Waals surface area contributed by atoms with Gasteiger partial charge in [-0.2, -0.15) is 4.80 Å². The Morgan fingerprint density at radius 2 is 2.12 bits per heavy atom. The molecule has 1 aromatic carbocycles. The van der Waals surface area contributed by atoms with E-state index in [1.807, 2.05) is 19.0 Å². The summed E-state index contributed by atoms with van der Waals surface area (Å²) in [7, 11) is 3.94. The van der Waals surface area contributed by atoms with Gasteiger partial charge in [0.15, 0.2) is 0 Å². The number of pyridine rings is 1. The first-order valence-corrected chi connectivity index (χ1v) is 11.1. The lowest BCUT2D eigenvalue weighted by Gasteiger charge is -2.12. The van der Waals surface area contributed by atoms with Gasteiger partial charge in [0.25, 0.3) is 0 Å². The van der Waals surface area contributed by atoms with Crippen molar-refractivity contribution < 1.29 is 14.0 Å². The number of nitrogens with zero attached hydrogens (tertiary/aromatic N) is 6. The molecule has 11 heteroatoms. The van der Waals surface area contributed by atoms with Gasteiger partial charge in [-0.25, -0.2) is 4.39 Å². The van der Waals surface area contributed by atoms with E-state index in [-0.39, 0.29) is 11.8 Å². The first-order valence-electron chi connectivity index (χ1n) is 11.1. The van der Waals surface area contributed by atoms with Crippen LogP contribution in [0.4, 0.5) is 4.39 Å². The van der Waals surface area contributed by atoms with Gasteiger partial charge >= 0.3 is 0 Å². The van der Waals surface area contributed by atoms with Gasteiger partial charge in [-0.05, 0) is 37.0 Å². The molecule has 2 atom stereocenters. The Kier molecular flexibility index (Phi) is 6.92. The minimum absolute atomic E-state index is 0.144. The van der Waals surface area contributed by atoms with Crippen LogP contribution in [-0.4, -0.2) is 68.7 Å². The van der Waals surface area contributed by atoms with Crippen molar-refractivity contribution >= 4 is 11.8 Å². The molecule has 2 N–H and O–H groups in total. The number of tetrazole rings is 1. The molecule has 0 unspecified atom stereocenters. The topological polar surface area (TPSA) is 118 Å². The van der Waals surface area contributed by atoms with Gasteiger partial charge in [0.2, 0.25) is 17.6 Å². The Bertz CT molecular complexity index is 1180. The second-order valence-corrected chi connectivity index (χ2v) is 8.45. The molecule has 178 valence electrons. The Labute approximate surface area is 196 Å². The maximum Gasteiger partial charge on any atom is 0.229 e. The van der Waals surface area contributed by atoms with Crippen molar-refractivity contribution in [1.29, 1.82) is 0 Å². The van der Waals surface area contributed by atoms with Crippen molar-refractivity contribution in [2.24, 2.45) is 0 Å². The zero-order valence-electron chi connectivity index (χ0n) is 19.3. The number of halogens is 1. The highest BCUT2D eigenvalue weighted by atomic mass is 19.1. The number of carbonyl (C=O) groups excluding carboxylic acids is 2. The summed E-state index contributed by atoms with van der Waals surface area (Å²) in [6.07, 6.45) is 1.82. The van der Waals surface area contributed by atoms with E-state index in [4.69, 9.17) is 0 Å². The molecule has 0 saturated carbocycles. The molecular weight excluding hydrogens is 439 g/mol.